The van der Waals surface area contributed by atoms with Crippen molar-refractivity contribution >= 4 is 33.4 Å². The first-order valence-electron chi connectivity index (χ1n) is 33.5. The Hall–Kier alpha value is -10.4. The Morgan fingerprint density at radius 3 is 1.20 bits per heavy atom. The summed E-state index contributed by atoms with van der Waals surface area (Å²) < 4.78 is 64.7. The van der Waals surface area contributed by atoms with Gasteiger partial charge in [-0.05, 0) is 173 Å². The molecule has 0 aliphatic carbocycles. The monoisotopic (exact) mass is 1280 g/mol. The number of halogens is 3. The first kappa shape index (κ1) is 63.1. The maximum Gasteiger partial charge on any atom is 0.231 e. The van der Waals surface area contributed by atoms with Crippen molar-refractivity contribution in [3.63, 3.8) is 0 Å². The van der Waals surface area contributed by atoms with Gasteiger partial charge >= 0.3 is 0 Å². The van der Waals surface area contributed by atoms with Gasteiger partial charge in [0.2, 0.25) is 11.2 Å². The van der Waals surface area contributed by atoms with E-state index in [2.05, 4.69) is 221 Å². The number of piperazine rings is 2. The molecular formula is C81H79F3N10O2. The molecule has 0 N–H and O–H groups in total. The molecule has 0 bridgehead atoms. The number of aromatic nitrogens is 4. The van der Waals surface area contributed by atoms with Gasteiger partial charge in [0.15, 0.2) is 0 Å². The molecule has 2 saturated heterocycles. The van der Waals surface area contributed by atoms with Crippen molar-refractivity contribution in [1.29, 1.82) is 0 Å². The lowest BCUT2D eigenvalue weighted by Gasteiger charge is -2.36. The topological polar surface area (TPSA) is 75.9 Å². The average Bonchev–Trinajstić information content (AvgIpc) is 1.61. The minimum Gasteiger partial charge on any atom is -0.494 e. The number of imidazole rings is 2. The van der Waals surface area contributed by atoms with Crippen LogP contribution in [0.3, 0.4) is 0 Å². The molecule has 0 atom stereocenters. The normalized spacial score (nSPS) is 14.3. The first-order chi connectivity index (χ1) is 47.2. The van der Waals surface area contributed by atoms with Crippen molar-refractivity contribution in [1.82, 2.24) is 28.1 Å². The second-order valence-electron chi connectivity index (χ2n) is 25.1. The standard InChI is InChI=1S/C81H79F3N10O2/c1-60-22-40-76-78(54-60)93(56-61-23-32-70(33-24-61)89-48-44-87(45-49-89)58-65-18-8-10-20-74(65)63-14-4-2-5-15-63)80(91(76)42-12-52-95-72-36-27-67(82)28-37-72)85-86-81-92(43-13-53-96-73-38-29-68(83)30-39-73)77-41-31-69(84)55-79(77)94(81)57-62-25-34-71(35-26-62)90-50-46-88(47-51-90)59-66-19-9-11-21-75(66)64-16-6-3-7-17-64/h2-11,14-41,54-55H,12-13,42-53,56-59H2,1H3. The third kappa shape index (κ3) is 14.8. The predicted octanol–water partition coefficient (Wildman–Crippen LogP) is 15.4. The molecule has 12 aromatic rings. The number of benzene rings is 10. The van der Waals surface area contributed by atoms with Crippen LogP contribution in [0, 0.1) is 24.4 Å². The summed E-state index contributed by atoms with van der Waals surface area (Å²) in [6.07, 6.45) is 1.17. The molecule has 0 amide bonds. The highest BCUT2D eigenvalue weighted by Gasteiger charge is 2.23. The van der Waals surface area contributed by atoms with Gasteiger partial charge in [0.1, 0.15) is 29.0 Å². The van der Waals surface area contributed by atoms with Crippen LogP contribution < -0.4 is 30.5 Å². The van der Waals surface area contributed by atoms with Crippen LogP contribution in [0.5, 0.6) is 11.5 Å². The van der Waals surface area contributed by atoms with E-state index in [-0.39, 0.29) is 17.5 Å². The van der Waals surface area contributed by atoms with Gasteiger partial charge in [-0.25, -0.2) is 13.2 Å². The zero-order valence-corrected chi connectivity index (χ0v) is 54.2. The zero-order valence-electron chi connectivity index (χ0n) is 54.2. The number of aryl methyl sites for hydroxylation is 3. The molecule has 15 heteroatoms. The molecular weight excluding hydrogens is 1200 g/mol. The van der Waals surface area contributed by atoms with Gasteiger partial charge in [-0.2, -0.15) is 0 Å². The predicted molar refractivity (Wildman–Crippen MR) is 379 cm³/mol. The van der Waals surface area contributed by atoms with Crippen molar-refractivity contribution in [2.24, 2.45) is 10.2 Å². The van der Waals surface area contributed by atoms with Crippen LogP contribution in [-0.2, 0) is 39.3 Å². The van der Waals surface area contributed by atoms with Crippen LogP contribution in [0.4, 0.5) is 24.5 Å². The number of anilines is 2. The number of ether oxygens (including phenoxy) is 2. The zero-order chi connectivity index (χ0) is 65.2. The quantitative estimate of drug-likeness (QED) is 0.0469. The van der Waals surface area contributed by atoms with E-state index in [9.17, 15) is 8.78 Å². The fraction of sp³-hybridized carbons (Fsp3) is 0.235. The van der Waals surface area contributed by atoms with Crippen LogP contribution in [0.15, 0.2) is 253 Å². The molecule has 2 aromatic heterocycles. The second kappa shape index (κ2) is 29.5. The fourth-order valence-corrected chi connectivity index (χ4v) is 13.6. The molecule has 10 aromatic carbocycles. The lowest BCUT2D eigenvalue weighted by molar-refractivity contribution is 0.250. The molecule has 14 rings (SSSR count). The van der Waals surface area contributed by atoms with Crippen molar-refractivity contribution < 1.29 is 22.6 Å². The maximum atomic E-state index is 15.8. The smallest absolute Gasteiger partial charge is 0.231 e. The number of rotatable bonds is 23. The van der Waals surface area contributed by atoms with Crippen LogP contribution in [0.1, 0.15) is 40.7 Å². The Balaban J connectivity index is 0.779. The van der Waals surface area contributed by atoms with Gasteiger partial charge in [0.25, 0.3) is 0 Å². The van der Waals surface area contributed by atoms with Crippen molar-refractivity contribution in [3.05, 3.63) is 299 Å². The minimum absolute atomic E-state index is 0.319. The molecule has 2 fully saturated rings. The number of hydrogen-bond acceptors (Lipinski definition) is 8. The summed E-state index contributed by atoms with van der Waals surface area (Å²) in [6, 6.07) is 80.0. The molecule has 12 nitrogen and oxygen atoms in total. The lowest BCUT2D eigenvalue weighted by atomic mass is 9.99. The van der Waals surface area contributed by atoms with E-state index in [4.69, 9.17) is 19.7 Å². The number of fused-ring (bicyclic) bond motifs is 2. The van der Waals surface area contributed by atoms with E-state index in [1.54, 1.807) is 30.3 Å². The van der Waals surface area contributed by atoms with Crippen LogP contribution in [-0.4, -0.2) is 93.6 Å². The van der Waals surface area contributed by atoms with Crippen LogP contribution in [0.25, 0.3) is 44.3 Å². The van der Waals surface area contributed by atoms with Crippen molar-refractivity contribution in [3.8, 4) is 33.8 Å². The highest BCUT2D eigenvalue weighted by molar-refractivity contribution is 5.78. The molecule has 486 valence electrons. The SMILES string of the molecule is Cc1ccc2c(c1)n(Cc1ccc(N3CCN(Cc4ccccc4-c4ccccc4)CC3)cc1)c(=NN=c1n(CCCOc3ccc(F)cc3)c3ccc(F)cc3n1Cc1ccc(N3CCN(Cc4ccccc4-c4ccccc4)CC3)cc1)n2CCCOc1ccc(F)cc1. The van der Waals surface area contributed by atoms with Gasteiger partial charge in [-0.3, -0.25) is 9.80 Å². The third-order valence-electron chi connectivity index (χ3n) is 18.7. The molecule has 2 aliphatic rings. The fourth-order valence-electron chi connectivity index (χ4n) is 13.6. The molecule has 4 heterocycles. The minimum atomic E-state index is -0.361. The van der Waals surface area contributed by atoms with E-state index in [1.165, 1.54) is 69.4 Å². The van der Waals surface area contributed by atoms with Crippen molar-refractivity contribution in [2.45, 2.75) is 59.0 Å². The van der Waals surface area contributed by atoms with E-state index in [0.29, 0.717) is 80.5 Å². The van der Waals surface area contributed by atoms with Gasteiger partial charge in [-0.1, -0.05) is 140 Å². The summed E-state index contributed by atoms with van der Waals surface area (Å²) in [6.45, 7) is 13.9. The molecule has 0 unspecified atom stereocenters. The molecule has 0 spiro atoms. The Morgan fingerprint density at radius 1 is 0.354 bits per heavy atom. The molecule has 0 saturated carbocycles. The lowest BCUT2D eigenvalue weighted by Crippen LogP contribution is -2.46. The summed E-state index contributed by atoms with van der Waals surface area (Å²) in [5, 5.41) is 10.7. The van der Waals surface area contributed by atoms with E-state index in [0.717, 1.165) is 104 Å². The average molecular weight is 1280 g/mol. The van der Waals surface area contributed by atoms with E-state index >= 15 is 4.39 Å². The number of hydrogen-bond donors (Lipinski definition) is 0. The largest absolute Gasteiger partial charge is 0.494 e. The summed E-state index contributed by atoms with van der Waals surface area (Å²) in [5.41, 5.74) is 17.9. The Bertz CT molecular complexity index is 4420. The van der Waals surface area contributed by atoms with Crippen molar-refractivity contribution in [2.75, 3.05) is 75.4 Å². The molecule has 2 aliphatic heterocycles. The number of nitrogens with zero attached hydrogens (tertiary/aromatic N) is 10. The van der Waals surface area contributed by atoms with Gasteiger partial charge in [-0.15, -0.1) is 10.2 Å². The highest BCUT2D eigenvalue weighted by atomic mass is 19.1. The third-order valence-corrected chi connectivity index (χ3v) is 18.7. The Labute approximate surface area is 558 Å². The summed E-state index contributed by atoms with van der Waals surface area (Å²) in [7, 11) is 0. The Kier molecular flexibility index (Phi) is 19.4. The van der Waals surface area contributed by atoms with Gasteiger partial charge in [0.05, 0.1) is 48.4 Å². The molecule has 0 radical (unpaired) electrons. The maximum absolute atomic E-state index is 15.8. The van der Waals surface area contributed by atoms with Crippen LogP contribution in [0.2, 0.25) is 0 Å². The summed E-state index contributed by atoms with van der Waals surface area (Å²) >= 11 is 0. The van der Waals surface area contributed by atoms with Crippen LogP contribution >= 0.6 is 0 Å². The highest BCUT2D eigenvalue weighted by Crippen LogP contribution is 2.30. The van der Waals surface area contributed by atoms with Gasteiger partial charge in [0, 0.05) is 89.9 Å². The summed E-state index contributed by atoms with van der Waals surface area (Å²) in [4.78, 5) is 10.1. The van der Waals surface area contributed by atoms with Gasteiger partial charge < -0.3 is 37.5 Å². The van der Waals surface area contributed by atoms with E-state index in [1.807, 2.05) is 6.07 Å². The second-order valence-corrected chi connectivity index (χ2v) is 25.1. The van der Waals surface area contributed by atoms with E-state index < -0.39 is 0 Å². The Morgan fingerprint density at radius 2 is 0.750 bits per heavy atom. The first-order valence-corrected chi connectivity index (χ1v) is 33.5. The molecule has 96 heavy (non-hydrogen) atoms. The summed E-state index contributed by atoms with van der Waals surface area (Å²) in [5.74, 6) is 0.153.